The number of hydrogen-bond donors (Lipinski definition) is 2. The summed E-state index contributed by atoms with van der Waals surface area (Å²) < 4.78 is 0. The fourth-order valence-corrected chi connectivity index (χ4v) is 3.09. The summed E-state index contributed by atoms with van der Waals surface area (Å²) in [7, 11) is 0. The molecule has 0 saturated carbocycles. The van der Waals surface area contributed by atoms with E-state index in [1.807, 2.05) is 24.0 Å². The van der Waals surface area contributed by atoms with Crippen LogP contribution in [-0.4, -0.2) is 16.5 Å². The molecule has 0 aliphatic rings. The average Bonchev–Trinajstić information content (AvgIpc) is 2.43. The number of thioether (sulfide) groups is 1. The van der Waals surface area contributed by atoms with Crippen molar-refractivity contribution in [2.75, 3.05) is 11.5 Å². The van der Waals surface area contributed by atoms with Crippen molar-refractivity contribution < 1.29 is 0 Å². The van der Waals surface area contributed by atoms with E-state index in [2.05, 4.69) is 48.5 Å². The number of pyridine rings is 1. The predicted molar refractivity (Wildman–Crippen MR) is 84.0 cm³/mol. The van der Waals surface area contributed by atoms with Gasteiger partial charge in [0, 0.05) is 17.3 Å². The second kappa shape index (κ2) is 6.89. The maximum absolute atomic E-state index is 5.68. The van der Waals surface area contributed by atoms with E-state index in [4.69, 9.17) is 5.84 Å². The van der Waals surface area contributed by atoms with Crippen molar-refractivity contribution in [1.82, 2.24) is 10.4 Å². The van der Waals surface area contributed by atoms with Crippen molar-refractivity contribution in [3.05, 3.63) is 42.1 Å². The number of aromatic nitrogens is 1. The number of fused-ring (bicyclic) bond motifs is 1. The topological polar surface area (TPSA) is 50.9 Å². The molecule has 1 aromatic carbocycles. The van der Waals surface area contributed by atoms with Gasteiger partial charge in [0.15, 0.2) is 0 Å². The largest absolute Gasteiger partial charge is 0.271 e. The molecule has 0 saturated heterocycles. The van der Waals surface area contributed by atoms with Crippen LogP contribution in [0.3, 0.4) is 0 Å². The lowest BCUT2D eigenvalue weighted by molar-refractivity contribution is 0.610. The Hall–Kier alpha value is -1.10. The molecule has 1 unspecified atom stereocenters. The minimum Gasteiger partial charge on any atom is -0.271 e. The van der Waals surface area contributed by atoms with Crippen LogP contribution in [-0.2, 0) is 0 Å². The molecule has 4 heteroatoms. The molecule has 3 N–H and O–H groups in total. The Morgan fingerprint density at radius 3 is 2.84 bits per heavy atom. The highest BCUT2D eigenvalue weighted by atomic mass is 32.2. The molecule has 19 heavy (non-hydrogen) atoms. The smallest absolute Gasteiger partial charge is 0.0705 e. The van der Waals surface area contributed by atoms with Crippen molar-refractivity contribution in [3.63, 3.8) is 0 Å². The van der Waals surface area contributed by atoms with Crippen LogP contribution in [0.2, 0.25) is 0 Å². The Balaban J connectivity index is 2.11. The number of benzene rings is 1. The maximum atomic E-state index is 5.68. The number of nitrogens with zero attached hydrogens (tertiary/aromatic N) is 1. The van der Waals surface area contributed by atoms with Crippen molar-refractivity contribution in [2.24, 2.45) is 11.8 Å². The summed E-state index contributed by atoms with van der Waals surface area (Å²) in [6, 6.07) is 10.6. The lowest BCUT2D eigenvalue weighted by atomic mass is 10.1. The second-order valence-electron chi connectivity index (χ2n) is 5.11. The fourth-order valence-electron chi connectivity index (χ4n) is 1.96. The van der Waals surface area contributed by atoms with Gasteiger partial charge in [-0.05, 0) is 29.4 Å². The first-order valence-corrected chi connectivity index (χ1v) is 7.74. The molecular formula is C15H21N3S. The molecule has 2 rings (SSSR count). The summed E-state index contributed by atoms with van der Waals surface area (Å²) in [5.41, 5.74) is 5.13. The van der Waals surface area contributed by atoms with Crippen LogP contribution >= 0.6 is 11.8 Å². The molecule has 1 atom stereocenters. The van der Waals surface area contributed by atoms with Gasteiger partial charge < -0.3 is 0 Å². The number of hydrogen-bond acceptors (Lipinski definition) is 4. The number of nitrogens with one attached hydrogen (secondary N) is 1. The normalized spacial score (nSPS) is 13.1. The molecule has 0 aliphatic heterocycles. The van der Waals surface area contributed by atoms with Crippen LogP contribution in [0, 0.1) is 5.92 Å². The van der Waals surface area contributed by atoms with Gasteiger partial charge in [-0.3, -0.25) is 16.3 Å². The van der Waals surface area contributed by atoms with Gasteiger partial charge in [0.25, 0.3) is 0 Å². The molecule has 102 valence electrons. The zero-order chi connectivity index (χ0) is 13.7. The van der Waals surface area contributed by atoms with Crippen LogP contribution in [0.4, 0.5) is 0 Å². The van der Waals surface area contributed by atoms with Gasteiger partial charge in [0.1, 0.15) is 0 Å². The minimum atomic E-state index is 0.176. The van der Waals surface area contributed by atoms with Gasteiger partial charge in [-0.1, -0.05) is 32.0 Å². The van der Waals surface area contributed by atoms with Gasteiger partial charge in [0.2, 0.25) is 0 Å². The van der Waals surface area contributed by atoms with E-state index in [1.54, 1.807) is 0 Å². The van der Waals surface area contributed by atoms with E-state index < -0.39 is 0 Å². The van der Waals surface area contributed by atoms with Crippen LogP contribution in [0.1, 0.15) is 25.5 Å². The molecule has 2 aromatic rings. The second-order valence-corrected chi connectivity index (χ2v) is 6.18. The first-order chi connectivity index (χ1) is 9.20. The Morgan fingerprint density at radius 1 is 1.26 bits per heavy atom. The standard InChI is InChI=1S/C15H21N3S/c1-11(2)9-19-10-15(18-16)13-6-5-12-4-3-7-17-14(12)8-13/h3-8,11,15,18H,9-10,16H2,1-2H3. The van der Waals surface area contributed by atoms with E-state index >= 15 is 0 Å². The van der Waals surface area contributed by atoms with E-state index in [0.29, 0.717) is 5.92 Å². The quantitative estimate of drug-likeness (QED) is 0.628. The third-order valence-corrected chi connectivity index (χ3v) is 4.44. The first-order valence-electron chi connectivity index (χ1n) is 6.59. The summed E-state index contributed by atoms with van der Waals surface area (Å²) in [5, 5.41) is 1.16. The molecule has 3 nitrogen and oxygen atoms in total. The summed E-state index contributed by atoms with van der Waals surface area (Å²) in [5.74, 6) is 8.53. The molecular weight excluding hydrogens is 254 g/mol. The summed E-state index contributed by atoms with van der Waals surface area (Å²) in [4.78, 5) is 4.39. The minimum absolute atomic E-state index is 0.176. The molecule has 0 fully saturated rings. The summed E-state index contributed by atoms with van der Waals surface area (Å²) in [6.07, 6.45) is 1.82. The van der Waals surface area contributed by atoms with Gasteiger partial charge in [-0.2, -0.15) is 11.8 Å². The lowest BCUT2D eigenvalue weighted by Crippen LogP contribution is -2.29. The molecule has 0 amide bonds. The van der Waals surface area contributed by atoms with E-state index in [-0.39, 0.29) is 6.04 Å². The van der Waals surface area contributed by atoms with Crippen molar-refractivity contribution in [1.29, 1.82) is 0 Å². The van der Waals surface area contributed by atoms with Crippen LogP contribution in [0.15, 0.2) is 36.5 Å². The SMILES string of the molecule is CC(C)CSCC(NN)c1ccc2cccnc2c1. The van der Waals surface area contributed by atoms with Crippen molar-refractivity contribution in [3.8, 4) is 0 Å². The van der Waals surface area contributed by atoms with E-state index in [1.165, 1.54) is 5.56 Å². The Labute approximate surface area is 119 Å². The highest BCUT2D eigenvalue weighted by Gasteiger charge is 2.10. The third kappa shape index (κ3) is 3.93. The monoisotopic (exact) mass is 275 g/mol. The number of hydrazine groups is 1. The Bertz CT molecular complexity index is 528. The number of rotatable bonds is 6. The molecule has 1 aromatic heterocycles. The van der Waals surface area contributed by atoms with Crippen LogP contribution < -0.4 is 11.3 Å². The van der Waals surface area contributed by atoms with E-state index in [0.717, 1.165) is 22.4 Å². The van der Waals surface area contributed by atoms with Gasteiger partial charge >= 0.3 is 0 Å². The van der Waals surface area contributed by atoms with Crippen LogP contribution in [0.25, 0.3) is 10.9 Å². The van der Waals surface area contributed by atoms with Crippen molar-refractivity contribution in [2.45, 2.75) is 19.9 Å². The molecule has 0 aliphatic carbocycles. The molecule has 0 spiro atoms. The van der Waals surface area contributed by atoms with Crippen LogP contribution in [0.5, 0.6) is 0 Å². The summed E-state index contributed by atoms with van der Waals surface area (Å²) >= 11 is 1.93. The highest BCUT2D eigenvalue weighted by molar-refractivity contribution is 7.99. The third-order valence-electron chi connectivity index (χ3n) is 2.97. The Kier molecular flexibility index (Phi) is 5.19. The molecule has 0 bridgehead atoms. The summed E-state index contributed by atoms with van der Waals surface area (Å²) in [6.45, 7) is 4.47. The maximum Gasteiger partial charge on any atom is 0.0705 e. The zero-order valence-electron chi connectivity index (χ0n) is 11.5. The molecule has 0 radical (unpaired) electrons. The predicted octanol–water partition coefficient (Wildman–Crippen LogP) is 3.13. The number of nitrogens with two attached hydrogens (primary N) is 1. The first kappa shape index (κ1) is 14.3. The van der Waals surface area contributed by atoms with Gasteiger partial charge in [0.05, 0.1) is 11.6 Å². The lowest BCUT2D eigenvalue weighted by Gasteiger charge is -2.17. The van der Waals surface area contributed by atoms with E-state index in [9.17, 15) is 0 Å². The molecule has 1 heterocycles. The zero-order valence-corrected chi connectivity index (χ0v) is 12.3. The Morgan fingerprint density at radius 2 is 2.11 bits per heavy atom. The average molecular weight is 275 g/mol. The highest BCUT2D eigenvalue weighted by Crippen LogP contribution is 2.22. The van der Waals surface area contributed by atoms with Gasteiger partial charge in [-0.15, -0.1) is 0 Å². The van der Waals surface area contributed by atoms with Gasteiger partial charge in [-0.25, -0.2) is 0 Å². The van der Waals surface area contributed by atoms with Crippen molar-refractivity contribution >= 4 is 22.7 Å². The fraction of sp³-hybridized carbons (Fsp3) is 0.400.